The molecule has 0 aromatic heterocycles. The van der Waals surface area contributed by atoms with Crippen LogP contribution in [-0.2, 0) is 6.42 Å². The fraction of sp³-hybridized carbons (Fsp3) is 0.316. The summed E-state index contributed by atoms with van der Waals surface area (Å²) in [5.74, 6) is 0. The summed E-state index contributed by atoms with van der Waals surface area (Å²) in [4.78, 5) is 2.43. The van der Waals surface area contributed by atoms with E-state index in [0.29, 0.717) is 5.11 Å². The summed E-state index contributed by atoms with van der Waals surface area (Å²) < 4.78 is 0. The molecule has 2 N–H and O–H groups in total. The van der Waals surface area contributed by atoms with E-state index in [1.807, 2.05) is 6.07 Å². The molecule has 0 spiro atoms. The van der Waals surface area contributed by atoms with Crippen LogP contribution < -0.4 is 15.5 Å². The first-order valence-corrected chi connectivity index (χ1v) is 8.66. The highest BCUT2D eigenvalue weighted by Gasteiger charge is 2.15. The molecule has 0 radical (unpaired) electrons. The Labute approximate surface area is 143 Å². The van der Waals surface area contributed by atoms with Gasteiger partial charge < -0.3 is 15.5 Å². The molecule has 3 nitrogen and oxygen atoms in total. The molecular formula is C19H23N3S. The van der Waals surface area contributed by atoms with E-state index in [0.717, 1.165) is 31.7 Å². The van der Waals surface area contributed by atoms with Gasteiger partial charge in [0.05, 0.1) is 11.4 Å². The van der Waals surface area contributed by atoms with Crippen LogP contribution in [0.3, 0.4) is 0 Å². The number of hydrogen-bond donors (Lipinski definition) is 2. The Balaban J connectivity index is 1.53. The minimum absolute atomic E-state index is 0.688. The summed E-state index contributed by atoms with van der Waals surface area (Å²) in [6.07, 6.45) is 3.51. The zero-order valence-corrected chi connectivity index (χ0v) is 14.1. The van der Waals surface area contributed by atoms with E-state index in [2.05, 4.69) is 64.1 Å². The van der Waals surface area contributed by atoms with Crippen LogP contribution in [0.25, 0.3) is 0 Å². The van der Waals surface area contributed by atoms with Crippen molar-refractivity contribution in [2.24, 2.45) is 0 Å². The van der Waals surface area contributed by atoms with Crippen molar-refractivity contribution >= 4 is 28.7 Å². The molecule has 0 bridgehead atoms. The van der Waals surface area contributed by atoms with E-state index in [4.69, 9.17) is 12.2 Å². The Hall–Kier alpha value is -2.07. The molecule has 1 aliphatic heterocycles. The first-order valence-electron chi connectivity index (χ1n) is 8.26. The molecule has 0 aliphatic carbocycles. The quantitative estimate of drug-likeness (QED) is 0.817. The second kappa shape index (κ2) is 7.97. The minimum Gasteiger partial charge on any atom is -0.370 e. The number of thiocarbonyl (C=S) groups is 1. The summed E-state index contributed by atoms with van der Waals surface area (Å²) in [5.41, 5.74) is 3.66. The van der Waals surface area contributed by atoms with E-state index in [9.17, 15) is 0 Å². The normalized spacial score (nSPS) is 13.8. The predicted molar refractivity (Wildman–Crippen MR) is 102 cm³/mol. The van der Waals surface area contributed by atoms with Gasteiger partial charge in [-0.3, -0.25) is 0 Å². The molecule has 3 rings (SSSR count). The van der Waals surface area contributed by atoms with Gasteiger partial charge in [0, 0.05) is 19.6 Å². The van der Waals surface area contributed by atoms with Gasteiger partial charge in [0.15, 0.2) is 5.11 Å². The van der Waals surface area contributed by atoms with Crippen LogP contribution in [0.4, 0.5) is 11.4 Å². The monoisotopic (exact) mass is 325 g/mol. The maximum absolute atomic E-state index is 5.44. The molecule has 2 aromatic carbocycles. The third kappa shape index (κ3) is 4.45. The van der Waals surface area contributed by atoms with Gasteiger partial charge in [0.2, 0.25) is 0 Å². The maximum atomic E-state index is 5.44. The smallest absolute Gasteiger partial charge is 0.170 e. The van der Waals surface area contributed by atoms with Gasteiger partial charge in [0.1, 0.15) is 0 Å². The van der Waals surface area contributed by atoms with Crippen molar-refractivity contribution in [3.8, 4) is 0 Å². The topological polar surface area (TPSA) is 27.3 Å². The maximum Gasteiger partial charge on any atom is 0.170 e. The van der Waals surface area contributed by atoms with Gasteiger partial charge in [0.25, 0.3) is 0 Å². The average molecular weight is 325 g/mol. The Morgan fingerprint density at radius 3 is 2.43 bits per heavy atom. The number of benzene rings is 2. The highest BCUT2D eigenvalue weighted by Crippen LogP contribution is 2.28. The Bertz CT molecular complexity index is 636. The van der Waals surface area contributed by atoms with Crippen LogP contribution in [0.5, 0.6) is 0 Å². The first kappa shape index (κ1) is 15.8. The fourth-order valence-electron chi connectivity index (χ4n) is 2.94. The highest BCUT2D eigenvalue weighted by atomic mass is 32.1. The lowest BCUT2D eigenvalue weighted by Gasteiger charge is -2.22. The number of hydrogen-bond acceptors (Lipinski definition) is 2. The summed E-state index contributed by atoms with van der Waals surface area (Å²) >= 11 is 5.44. The summed E-state index contributed by atoms with van der Waals surface area (Å²) in [6.45, 7) is 3.10. The lowest BCUT2D eigenvalue weighted by molar-refractivity contribution is 0.873. The molecule has 1 fully saturated rings. The number of rotatable bonds is 5. The molecule has 0 amide bonds. The van der Waals surface area contributed by atoms with Gasteiger partial charge in [-0.2, -0.15) is 0 Å². The first-order chi connectivity index (χ1) is 11.3. The van der Waals surface area contributed by atoms with Crippen LogP contribution in [0.1, 0.15) is 18.4 Å². The second-order valence-corrected chi connectivity index (χ2v) is 6.24. The molecular weight excluding hydrogens is 302 g/mol. The van der Waals surface area contributed by atoms with E-state index in [1.54, 1.807) is 0 Å². The van der Waals surface area contributed by atoms with Crippen molar-refractivity contribution in [1.29, 1.82) is 0 Å². The van der Waals surface area contributed by atoms with Crippen LogP contribution in [0.2, 0.25) is 0 Å². The van der Waals surface area contributed by atoms with Crippen molar-refractivity contribution in [3.63, 3.8) is 0 Å². The van der Waals surface area contributed by atoms with Crippen molar-refractivity contribution in [1.82, 2.24) is 5.32 Å². The molecule has 23 heavy (non-hydrogen) atoms. The minimum atomic E-state index is 0.688. The van der Waals surface area contributed by atoms with Crippen LogP contribution in [0.15, 0.2) is 54.6 Å². The number of nitrogens with one attached hydrogen (secondary N) is 2. The molecule has 1 aliphatic rings. The lowest BCUT2D eigenvalue weighted by Crippen LogP contribution is -2.31. The standard InChI is InChI=1S/C19H23N3S/c23-19(20-13-12-16-8-2-1-3-9-16)21-17-10-4-5-11-18(17)22-14-6-7-15-22/h1-5,8-11H,6-7,12-15H2,(H2,20,21,23). The summed E-state index contributed by atoms with van der Waals surface area (Å²) in [6, 6.07) is 18.9. The SMILES string of the molecule is S=C(NCCc1ccccc1)Nc1ccccc1N1CCCC1. The van der Waals surface area contributed by atoms with Crippen LogP contribution in [0, 0.1) is 0 Å². The van der Waals surface area contributed by atoms with Gasteiger partial charge in [-0.1, -0.05) is 42.5 Å². The van der Waals surface area contributed by atoms with Gasteiger partial charge in [-0.25, -0.2) is 0 Å². The molecule has 120 valence electrons. The number of nitrogens with zero attached hydrogens (tertiary/aromatic N) is 1. The third-order valence-corrected chi connectivity index (χ3v) is 4.39. The molecule has 1 saturated heterocycles. The zero-order chi connectivity index (χ0) is 15.9. The molecule has 2 aromatic rings. The third-order valence-electron chi connectivity index (χ3n) is 4.14. The zero-order valence-electron chi connectivity index (χ0n) is 13.3. The average Bonchev–Trinajstić information content (AvgIpc) is 3.11. The van der Waals surface area contributed by atoms with E-state index in [-0.39, 0.29) is 0 Å². The van der Waals surface area contributed by atoms with Crippen molar-refractivity contribution in [2.45, 2.75) is 19.3 Å². The van der Waals surface area contributed by atoms with Crippen molar-refractivity contribution in [3.05, 3.63) is 60.2 Å². The number of anilines is 2. The second-order valence-electron chi connectivity index (χ2n) is 5.83. The largest absolute Gasteiger partial charge is 0.370 e. The molecule has 0 saturated carbocycles. The van der Waals surface area contributed by atoms with E-state index in [1.165, 1.54) is 24.1 Å². The van der Waals surface area contributed by atoms with Crippen LogP contribution >= 0.6 is 12.2 Å². The summed E-state index contributed by atoms with van der Waals surface area (Å²) in [7, 11) is 0. The van der Waals surface area contributed by atoms with Crippen molar-refractivity contribution in [2.75, 3.05) is 29.9 Å². The summed E-state index contributed by atoms with van der Waals surface area (Å²) in [5, 5.41) is 7.34. The molecule has 0 unspecified atom stereocenters. The van der Waals surface area contributed by atoms with E-state index < -0.39 is 0 Å². The van der Waals surface area contributed by atoms with E-state index >= 15 is 0 Å². The van der Waals surface area contributed by atoms with Crippen molar-refractivity contribution < 1.29 is 0 Å². The molecule has 0 atom stereocenters. The van der Waals surface area contributed by atoms with Gasteiger partial charge >= 0.3 is 0 Å². The predicted octanol–water partition coefficient (Wildman–Crippen LogP) is 3.82. The fourth-order valence-corrected chi connectivity index (χ4v) is 3.16. The Morgan fingerprint density at radius 2 is 1.65 bits per heavy atom. The Morgan fingerprint density at radius 1 is 0.957 bits per heavy atom. The van der Waals surface area contributed by atoms with Gasteiger partial charge in [-0.05, 0) is 49.2 Å². The Kier molecular flexibility index (Phi) is 5.48. The molecule has 1 heterocycles. The highest BCUT2D eigenvalue weighted by molar-refractivity contribution is 7.80. The van der Waals surface area contributed by atoms with Gasteiger partial charge in [-0.15, -0.1) is 0 Å². The molecule has 4 heteroatoms. The lowest BCUT2D eigenvalue weighted by atomic mass is 10.1. The number of para-hydroxylation sites is 2. The van der Waals surface area contributed by atoms with Crippen LogP contribution in [-0.4, -0.2) is 24.7 Å².